The zero-order valence-corrected chi connectivity index (χ0v) is 7.32. The third kappa shape index (κ3) is 1.91. The van der Waals surface area contributed by atoms with Gasteiger partial charge < -0.3 is 15.9 Å². The number of phenolic OH excluding ortho intramolecular Hbond substituents is 1. The molecule has 13 heavy (non-hydrogen) atoms. The average molecular weight is 202 g/mol. The molecule has 5 heteroatoms. The molecule has 0 heterocycles. The van der Waals surface area contributed by atoms with Gasteiger partial charge in [0.25, 0.3) is 0 Å². The van der Waals surface area contributed by atoms with Gasteiger partial charge in [0, 0.05) is 5.56 Å². The van der Waals surface area contributed by atoms with Crippen LogP contribution in [-0.4, -0.2) is 16.2 Å². The van der Waals surface area contributed by atoms with E-state index in [1.165, 1.54) is 18.2 Å². The SMILES string of the molecule is N[C@H](C(=O)O)c1cccc(Cl)c1O. The van der Waals surface area contributed by atoms with Gasteiger partial charge in [-0.05, 0) is 6.07 Å². The highest BCUT2D eigenvalue weighted by Gasteiger charge is 2.18. The van der Waals surface area contributed by atoms with Gasteiger partial charge in [-0.1, -0.05) is 23.7 Å². The predicted octanol–water partition coefficient (Wildman–Crippen LogP) is 1.13. The lowest BCUT2D eigenvalue weighted by Gasteiger charge is -2.09. The number of benzene rings is 1. The molecule has 0 spiro atoms. The molecule has 0 aliphatic rings. The Balaban J connectivity index is 3.15. The van der Waals surface area contributed by atoms with E-state index in [2.05, 4.69) is 0 Å². The molecule has 0 aromatic heterocycles. The van der Waals surface area contributed by atoms with Gasteiger partial charge in [-0.25, -0.2) is 0 Å². The maximum absolute atomic E-state index is 10.5. The van der Waals surface area contributed by atoms with Crippen LogP contribution < -0.4 is 5.73 Å². The summed E-state index contributed by atoms with van der Waals surface area (Å²) in [5.74, 6) is -1.49. The molecule has 0 unspecified atom stereocenters. The summed E-state index contributed by atoms with van der Waals surface area (Å²) in [5, 5.41) is 18.0. The first-order valence-corrected chi connectivity index (χ1v) is 3.87. The molecular weight excluding hydrogens is 194 g/mol. The number of hydrogen-bond donors (Lipinski definition) is 3. The molecule has 4 nitrogen and oxygen atoms in total. The standard InChI is InChI=1S/C8H8ClNO3/c9-5-3-1-2-4(7(5)11)6(10)8(12)13/h1-3,6,11H,10H2,(H,12,13)/t6-/m0/s1. The molecule has 1 atom stereocenters. The molecule has 0 fully saturated rings. The Morgan fingerprint density at radius 2 is 2.15 bits per heavy atom. The number of carboxylic acid groups (broad SMARTS) is 1. The van der Waals surface area contributed by atoms with Crippen LogP contribution in [0.2, 0.25) is 5.02 Å². The Kier molecular flexibility index (Phi) is 2.75. The molecule has 1 rings (SSSR count). The van der Waals surface area contributed by atoms with E-state index in [1.807, 2.05) is 0 Å². The largest absolute Gasteiger partial charge is 0.506 e. The fraction of sp³-hybridized carbons (Fsp3) is 0.125. The van der Waals surface area contributed by atoms with Crippen molar-refractivity contribution >= 4 is 17.6 Å². The van der Waals surface area contributed by atoms with Gasteiger partial charge >= 0.3 is 5.97 Å². The van der Waals surface area contributed by atoms with E-state index in [9.17, 15) is 9.90 Å². The van der Waals surface area contributed by atoms with Crippen LogP contribution in [0.1, 0.15) is 11.6 Å². The maximum Gasteiger partial charge on any atom is 0.325 e. The van der Waals surface area contributed by atoms with Gasteiger partial charge in [0.1, 0.15) is 11.8 Å². The smallest absolute Gasteiger partial charge is 0.325 e. The minimum Gasteiger partial charge on any atom is -0.506 e. The number of halogens is 1. The third-order valence-corrected chi connectivity index (χ3v) is 1.92. The molecule has 0 saturated heterocycles. The summed E-state index contributed by atoms with van der Waals surface area (Å²) in [6, 6.07) is 3.15. The highest BCUT2D eigenvalue weighted by atomic mass is 35.5. The van der Waals surface area contributed by atoms with Crippen molar-refractivity contribution in [1.82, 2.24) is 0 Å². The van der Waals surface area contributed by atoms with Crippen LogP contribution in [-0.2, 0) is 4.79 Å². The number of nitrogens with two attached hydrogens (primary N) is 1. The number of phenols is 1. The Labute approximate surface area is 79.6 Å². The van der Waals surface area contributed by atoms with Crippen LogP contribution in [0.3, 0.4) is 0 Å². The summed E-state index contributed by atoms with van der Waals surface area (Å²) in [5.41, 5.74) is 5.40. The summed E-state index contributed by atoms with van der Waals surface area (Å²) in [6.45, 7) is 0. The van der Waals surface area contributed by atoms with Crippen LogP contribution in [0.25, 0.3) is 0 Å². The van der Waals surface area contributed by atoms with Gasteiger partial charge in [-0.3, -0.25) is 4.79 Å². The summed E-state index contributed by atoms with van der Waals surface area (Å²) in [6.07, 6.45) is 0. The lowest BCUT2D eigenvalue weighted by Crippen LogP contribution is -2.20. The van der Waals surface area contributed by atoms with Crippen molar-refractivity contribution in [3.63, 3.8) is 0 Å². The maximum atomic E-state index is 10.5. The number of aromatic hydroxyl groups is 1. The van der Waals surface area contributed by atoms with Crippen molar-refractivity contribution in [2.45, 2.75) is 6.04 Å². The topological polar surface area (TPSA) is 83.6 Å². The van der Waals surface area contributed by atoms with Crippen LogP contribution in [0.15, 0.2) is 18.2 Å². The van der Waals surface area contributed by atoms with Gasteiger partial charge in [0.05, 0.1) is 5.02 Å². The summed E-state index contributed by atoms with van der Waals surface area (Å²) < 4.78 is 0. The van der Waals surface area contributed by atoms with Crippen LogP contribution in [0.5, 0.6) is 5.75 Å². The van der Waals surface area contributed by atoms with Crippen molar-refractivity contribution in [3.05, 3.63) is 28.8 Å². The van der Waals surface area contributed by atoms with E-state index in [-0.39, 0.29) is 16.3 Å². The molecule has 0 bridgehead atoms. The van der Waals surface area contributed by atoms with E-state index in [0.717, 1.165) is 0 Å². The van der Waals surface area contributed by atoms with E-state index in [4.69, 9.17) is 22.4 Å². The Hall–Kier alpha value is -1.26. The second-order valence-electron chi connectivity index (χ2n) is 2.49. The normalized spacial score (nSPS) is 12.5. The van der Waals surface area contributed by atoms with Gasteiger partial charge in [0.15, 0.2) is 0 Å². The minimum atomic E-state index is -1.25. The average Bonchev–Trinajstić information content (AvgIpc) is 2.08. The Morgan fingerprint density at radius 1 is 1.54 bits per heavy atom. The van der Waals surface area contributed by atoms with Gasteiger partial charge in [-0.2, -0.15) is 0 Å². The van der Waals surface area contributed by atoms with Gasteiger partial charge in [-0.15, -0.1) is 0 Å². The lowest BCUT2D eigenvalue weighted by atomic mass is 10.1. The number of hydrogen-bond acceptors (Lipinski definition) is 3. The van der Waals surface area contributed by atoms with Crippen molar-refractivity contribution in [2.24, 2.45) is 5.73 Å². The number of para-hydroxylation sites is 1. The fourth-order valence-electron chi connectivity index (χ4n) is 0.916. The van der Waals surface area contributed by atoms with Gasteiger partial charge in [0.2, 0.25) is 0 Å². The summed E-state index contributed by atoms with van der Waals surface area (Å²) >= 11 is 5.56. The minimum absolute atomic E-state index is 0.0919. The second-order valence-corrected chi connectivity index (χ2v) is 2.90. The molecule has 1 aromatic rings. The highest BCUT2D eigenvalue weighted by Crippen LogP contribution is 2.30. The fourth-order valence-corrected chi connectivity index (χ4v) is 1.10. The monoisotopic (exact) mass is 201 g/mol. The molecule has 0 radical (unpaired) electrons. The lowest BCUT2D eigenvalue weighted by molar-refractivity contribution is -0.138. The van der Waals surface area contributed by atoms with Crippen LogP contribution in [0.4, 0.5) is 0 Å². The van der Waals surface area contributed by atoms with Crippen molar-refractivity contribution in [1.29, 1.82) is 0 Å². The number of carbonyl (C=O) groups is 1. The first-order valence-electron chi connectivity index (χ1n) is 3.50. The van der Waals surface area contributed by atoms with Crippen molar-refractivity contribution in [3.8, 4) is 5.75 Å². The number of rotatable bonds is 2. The molecule has 0 aliphatic heterocycles. The predicted molar refractivity (Wildman–Crippen MR) is 47.7 cm³/mol. The van der Waals surface area contributed by atoms with E-state index >= 15 is 0 Å². The summed E-state index contributed by atoms with van der Waals surface area (Å²) in [4.78, 5) is 10.5. The van der Waals surface area contributed by atoms with E-state index < -0.39 is 12.0 Å². The first kappa shape index (κ1) is 9.83. The molecule has 0 aliphatic carbocycles. The quantitative estimate of drug-likeness (QED) is 0.670. The number of aliphatic carboxylic acids is 1. The van der Waals surface area contributed by atoms with E-state index in [0.29, 0.717) is 0 Å². The zero-order valence-electron chi connectivity index (χ0n) is 6.57. The van der Waals surface area contributed by atoms with E-state index in [1.54, 1.807) is 0 Å². The highest BCUT2D eigenvalue weighted by molar-refractivity contribution is 6.32. The molecular formula is C8H8ClNO3. The first-order chi connectivity index (χ1) is 6.04. The molecule has 0 amide bonds. The van der Waals surface area contributed by atoms with Crippen LogP contribution >= 0.6 is 11.6 Å². The molecule has 1 aromatic carbocycles. The Bertz CT molecular complexity index is 340. The van der Waals surface area contributed by atoms with Crippen molar-refractivity contribution < 1.29 is 15.0 Å². The molecule has 70 valence electrons. The second kappa shape index (κ2) is 3.64. The van der Waals surface area contributed by atoms with Crippen LogP contribution in [0, 0.1) is 0 Å². The molecule has 0 saturated carbocycles. The third-order valence-electron chi connectivity index (χ3n) is 1.62. The summed E-state index contributed by atoms with van der Waals surface area (Å²) in [7, 11) is 0. The zero-order chi connectivity index (χ0) is 10.0. The Morgan fingerprint density at radius 3 is 2.69 bits per heavy atom. The number of carboxylic acids is 1. The van der Waals surface area contributed by atoms with Crippen molar-refractivity contribution in [2.75, 3.05) is 0 Å². The molecule has 4 N–H and O–H groups in total.